The number of methoxy groups -OCH3 is 1. The number of esters is 3. The average molecular weight is 491 g/mol. The van der Waals surface area contributed by atoms with E-state index in [1.807, 2.05) is 0 Å². The van der Waals surface area contributed by atoms with Crippen molar-refractivity contribution in [2.24, 2.45) is 46.3 Å². The molecule has 0 amide bonds. The molecule has 0 spiro atoms. The molecule has 0 saturated heterocycles. The van der Waals surface area contributed by atoms with Gasteiger partial charge in [-0.2, -0.15) is 0 Å². The zero-order valence-corrected chi connectivity index (χ0v) is 22.6. The van der Waals surface area contributed by atoms with E-state index in [2.05, 4.69) is 20.8 Å². The van der Waals surface area contributed by atoms with Gasteiger partial charge >= 0.3 is 17.9 Å². The summed E-state index contributed by atoms with van der Waals surface area (Å²) < 4.78 is 16.7. The van der Waals surface area contributed by atoms with Gasteiger partial charge in [0.15, 0.2) is 0 Å². The van der Waals surface area contributed by atoms with Crippen LogP contribution in [0.5, 0.6) is 0 Å². The zero-order valence-electron chi connectivity index (χ0n) is 22.6. The highest BCUT2D eigenvalue weighted by Crippen LogP contribution is 2.69. The van der Waals surface area contributed by atoms with Crippen molar-refractivity contribution in [3.8, 4) is 0 Å². The second-order valence-electron chi connectivity index (χ2n) is 12.6. The number of hydrogen-bond donors (Lipinski definition) is 0. The Morgan fingerprint density at radius 1 is 0.914 bits per heavy atom. The Labute approximate surface area is 211 Å². The fraction of sp³-hybridized carbons (Fsp3) is 0.897. The van der Waals surface area contributed by atoms with Gasteiger partial charge in [0, 0.05) is 25.7 Å². The first kappa shape index (κ1) is 26.5. The van der Waals surface area contributed by atoms with E-state index in [1.165, 1.54) is 33.3 Å². The Morgan fingerprint density at radius 3 is 2.29 bits per heavy atom. The normalized spacial score (nSPS) is 43.2. The molecule has 0 aromatic carbocycles. The molecule has 6 heteroatoms. The van der Waals surface area contributed by atoms with Gasteiger partial charge in [-0.3, -0.25) is 14.4 Å². The van der Waals surface area contributed by atoms with Crippen molar-refractivity contribution >= 4 is 17.9 Å². The molecule has 10 atom stereocenters. The smallest absolute Gasteiger partial charge is 0.305 e. The van der Waals surface area contributed by atoms with Crippen molar-refractivity contribution in [2.45, 2.75) is 111 Å². The molecule has 4 saturated carbocycles. The lowest BCUT2D eigenvalue weighted by Gasteiger charge is -2.62. The van der Waals surface area contributed by atoms with Gasteiger partial charge in [-0.05, 0) is 98.7 Å². The third-order valence-electron chi connectivity index (χ3n) is 11.1. The Hall–Kier alpha value is -1.59. The molecule has 0 aromatic heterocycles. The van der Waals surface area contributed by atoms with E-state index >= 15 is 0 Å². The van der Waals surface area contributed by atoms with Gasteiger partial charge in [0.2, 0.25) is 0 Å². The van der Waals surface area contributed by atoms with Crippen LogP contribution in [0.25, 0.3) is 0 Å². The molecular weight excluding hydrogens is 444 g/mol. The zero-order chi connectivity index (χ0) is 25.5. The van der Waals surface area contributed by atoms with E-state index in [0.29, 0.717) is 41.9 Å². The average Bonchev–Trinajstić information content (AvgIpc) is 3.16. The molecule has 0 radical (unpaired) electrons. The van der Waals surface area contributed by atoms with Crippen LogP contribution in [-0.2, 0) is 28.6 Å². The molecule has 4 aliphatic carbocycles. The molecule has 0 aromatic rings. The van der Waals surface area contributed by atoms with Crippen LogP contribution in [0.2, 0.25) is 0 Å². The van der Waals surface area contributed by atoms with Crippen LogP contribution >= 0.6 is 0 Å². The van der Waals surface area contributed by atoms with Gasteiger partial charge in [0.25, 0.3) is 0 Å². The van der Waals surface area contributed by atoms with E-state index < -0.39 is 0 Å². The number of rotatable bonds is 6. The second kappa shape index (κ2) is 10.0. The standard InChI is InChI=1S/C29H46O6/c1-17(7-12-27(32)33-6)23-10-11-24-22-9-8-20-15-21(34-18(2)30)13-14-28(20,4)25(22)16-26(29(23,24)5)35-19(3)31/h17,20-26H,7-16H2,1-6H3/t17-,20+,21-,22-,23-,24-,25+,26+,28+,29-/m1/s1. The van der Waals surface area contributed by atoms with Crippen molar-refractivity contribution in [1.82, 2.24) is 0 Å². The SMILES string of the molecule is COC(=O)CC[C@@H](C)[C@H]1CC[C@@H]2[C@H]3CC[C@H]4C[C@H](OC(C)=O)CC[C@]4(C)[C@H]3C[C@H](OC(C)=O)[C@@]21C. The first-order valence-corrected chi connectivity index (χ1v) is 13.9. The van der Waals surface area contributed by atoms with E-state index in [4.69, 9.17) is 14.2 Å². The Balaban J connectivity index is 1.58. The quantitative estimate of drug-likeness (QED) is 0.351. The molecule has 0 unspecified atom stereocenters. The summed E-state index contributed by atoms with van der Waals surface area (Å²) in [7, 11) is 1.45. The highest BCUT2D eigenvalue weighted by atomic mass is 16.5. The molecule has 0 heterocycles. The maximum atomic E-state index is 12.3. The molecule has 0 aliphatic heterocycles. The van der Waals surface area contributed by atoms with Gasteiger partial charge < -0.3 is 14.2 Å². The third kappa shape index (κ3) is 4.75. The van der Waals surface area contributed by atoms with E-state index in [-0.39, 0.29) is 40.9 Å². The third-order valence-corrected chi connectivity index (χ3v) is 11.1. The fourth-order valence-corrected chi connectivity index (χ4v) is 9.48. The topological polar surface area (TPSA) is 78.9 Å². The summed E-state index contributed by atoms with van der Waals surface area (Å²) in [6.07, 6.45) is 9.87. The van der Waals surface area contributed by atoms with Crippen LogP contribution in [0.4, 0.5) is 0 Å². The lowest BCUT2D eigenvalue weighted by Crippen LogP contribution is -2.59. The number of hydrogen-bond acceptors (Lipinski definition) is 6. The fourth-order valence-electron chi connectivity index (χ4n) is 9.48. The van der Waals surface area contributed by atoms with Crippen LogP contribution in [0, 0.1) is 46.3 Å². The summed E-state index contributed by atoms with van der Waals surface area (Å²) in [6, 6.07) is 0. The number of fused-ring (bicyclic) bond motifs is 5. The summed E-state index contributed by atoms with van der Waals surface area (Å²) in [4.78, 5) is 35.7. The number of carbonyl (C=O) groups is 3. The Kier molecular flexibility index (Phi) is 7.60. The number of carbonyl (C=O) groups excluding carboxylic acids is 3. The van der Waals surface area contributed by atoms with Gasteiger partial charge in [-0.25, -0.2) is 0 Å². The maximum Gasteiger partial charge on any atom is 0.305 e. The Morgan fingerprint density at radius 2 is 1.63 bits per heavy atom. The molecule has 35 heavy (non-hydrogen) atoms. The van der Waals surface area contributed by atoms with E-state index in [9.17, 15) is 14.4 Å². The van der Waals surface area contributed by atoms with Gasteiger partial charge in [0.1, 0.15) is 12.2 Å². The minimum absolute atomic E-state index is 0.0479. The number of ether oxygens (including phenoxy) is 3. The predicted molar refractivity (Wildman–Crippen MR) is 132 cm³/mol. The van der Waals surface area contributed by atoms with Crippen molar-refractivity contribution in [3.63, 3.8) is 0 Å². The summed E-state index contributed by atoms with van der Waals surface area (Å²) in [5, 5.41) is 0. The van der Waals surface area contributed by atoms with Crippen LogP contribution in [0.3, 0.4) is 0 Å². The van der Waals surface area contributed by atoms with Gasteiger partial charge in [-0.1, -0.05) is 20.8 Å². The molecule has 4 fully saturated rings. The Bertz CT molecular complexity index is 824. The molecule has 6 nitrogen and oxygen atoms in total. The molecule has 4 aliphatic rings. The van der Waals surface area contributed by atoms with Crippen LogP contribution in [-0.4, -0.2) is 37.2 Å². The first-order chi connectivity index (χ1) is 16.5. The van der Waals surface area contributed by atoms with Crippen LogP contribution < -0.4 is 0 Å². The van der Waals surface area contributed by atoms with Crippen LogP contribution in [0.1, 0.15) is 98.8 Å². The van der Waals surface area contributed by atoms with Crippen LogP contribution in [0.15, 0.2) is 0 Å². The largest absolute Gasteiger partial charge is 0.469 e. The van der Waals surface area contributed by atoms with Gasteiger partial charge in [0.05, 0.1) is 7.11 Å². The van der Waals surface area contributed by atoms with Gasteiger partial charge in [-0.15, -0.1) is 0 Å². The highest BCUT2D eigenvalue weighted by Gasteiger charge is 2.65. The molecule has 0 bridgehead atoms. The lowest BCUT2D eigenvalue weighted by molar-refractivity contribution is -0.197. The monoisotopic (exact) mass is 490 g/mol. The highest BCUT2D eigenvalue weighted by molar-refractivity contribution is 5.69. The summed E-state index contributed by atoms with van der Waals surface area (Å²) in [6.45, 7) is 10.2. The minimum Gasteiger partial charge on any atom is -0.469 e. The summed E-state index contributed by atoms with van der Waals surface area (Å²) >= 11 is 0. The van der Waals surface area contributed by atoms with E-state index in [0.717, 1.165) is 38.5 Å². The van der Waals surface area contributed by atoms with E-state index in [1.54, 1.807) is 6.92 Å². The molecule has 198 valence electrons. The van der Waals surface area contributed by atoms with Crippen molar-refractivity contribution in [3.05, 3.63) is 0 Å². The molecular formula is C29H46O6. The lowest BCUT2D eigenvalue weighted by atomic mass is 9.43. The minimum atomic E-state index is -0.183. The molecule has 4 rings (SSSR count). The molecule has 0 N–H and O–H groups in total. The maximum absolute atomic E-state index is 12.3. The van der Waals surface area contributed by atoms with Crippen molar-refractivity contribution < 1.29 is 28.6 Å². The van der Waals surface area contributed by atoms with Crippen molar-refractivity contribution in [1.29, 1.82) is 0 Å². The van der Waals surface area contributed by atoms with Crippen molar-refractivity contribution in [2.75, 3.05) is 7.11 Å². The first-order valence-electron chi connectivity index (χ1n) is 13.9. The predicted octanol–water partition coefficient (Wildman–Crippen LogP) is 5.71. The second-order valence-corrected chi connectivity index (χ2v) is 12.6. The summed E-state index contributed by atoms with van der Waals surface area (Å²) in [5.74, 6) is 2.60. The summed E-state index contributed by atoms with van der Waals surface area (Å²) in [5.41, 5.74) is 0.147.